The summed E-state index contributed by atoms with van der Waals surface area (Å²) in [6, 6.07) is 17.5. The maximum absolute atomic E-state index is 5.52. The fraction of sp³-hybridized carbons (Fsp3) is 0.250. The second kappa shape index (κ2) is 11.8. The van der Waals surface area contributed by atoms with Crippen LogP contribution in [0.25, 0.3) is 0 Å². The summed E-state index contributed by atoms with van der Waals surface area (Å²) in [5.41, 5.74) is 3.64. The normalized spacial score (nSPS) is 11.0. The van der Waals surface area contributed by atoms with E-state index in [-0.39, 0.29) is 0 Å². The first-order valence-corrected chi connectivity index (χ1v) is 10.8. The van der Waals surface area contributed by atoms with Gasteiger partial charge in [0.1, 0.15) is 11.5 Å². The summed E-state index contributed by atoms with van der Waals surface area (Å²) in [5.74, 6) is 2.20. The number of rotatable bonds is 7. The lowest BCUT2D eigenvalue weighted by Crippen LogP contribution is -2.39. The summed E-state index contributed by atoms with van der Waals surface area (Å²) in [7, 11) is 3.20. The lowest BCUT2D eigenvalue weighted by Gasteiger charge is -2.15. The lowest BCUT2D eigenvalue weighted by atomic mass is 10.2. The zero-order valence-corrected chi connectivity index (χ0v) is 20.0. The molecule has 0 saturated heterocycles. The molecule has 0 fully saturated rings. The minimum Gasteiger partial charge on any atom is -0.497 e. The zero-order chi connectivity index (χ0) is 23.6. The van der Waals surface area contributed by atoms with E-state index in [9.17, 15) is 0 Å². The molecular weight excluding hydrogens is 436 g/mol. The number of methoxy groups -OCH3 is 2. The number of nitrogens with one attached hydrogen (secondary N) is 3. The van der Waals surface area contributed by atoms with Gasteiger partial charge < -0.3 is 20.1 Å². The highest BCUT2D eigenvalue weighted by atomic mass is 32.1. The van der Waals surface area contributed by atoms with Crippen LogP contribution in [0.15, 0.2) is 59.6 Å². The quantitative estimate of drug-likeness (QED) is 0.273. The molecule has 0 aliphatic carbocycles. The molecule has 8 nitrogen and oxygen atoms in total. The summed E-state index contributed by atoms with van der Waals surface area (Å²) in [5, 5.41) is 9.75. The average Bonchev–Trinajstić information content (AvgIpc) is 2.78. The number of nitrogens with zero attached hydrogens (tertiary/aromatic N) is 3. The van der Waals surface area contributed by atoms with E-state index in [0.717, 1.165) is 23.5 Å². The fourth-order valence-corrected chi connectivity index (χ4v) is 3.30. The van der Waals surface area contributed by atoms with Crippen LogP contribution in [0.5, 0.6) is 11.5 Å². The summed E-state index contributed by atoms with van der Waals surface area (Å²) >= 11 is 5.52. The number of benzene rings is 2. The molecular formula is C24H28N6O2S. The maximum Gasteiger partial charge on any atom is 0.229 e. The maximum atomic E-state index is 5.52. The standard InChI is InChI=1S/C24H28N6O2S/c1-16-12-17(2)27-23(26-16)29-22(25-11-10-18-8-6-5-7-9-18)30-24(33)28-19-13-20(31-3)15-21(14-19)32-4/h5-9,12-15H,10-11H2,1-4H3,(H3,25,26,27,28,29,30,33). The van der Waals surface area contributed by atoms with Gasteiger partial charge in [0.15, 0.2) is 5.11 Å². The predicted molar refractivity (Wildman–Crippen MR) is 136 cm³/mol. The van der Waals surface area contributed by atoms with E-state index in [1.54, 1.807) is 20.3 Å². The molecule has 172 valence electrons. The number of anilines is 2. The topological polar surface area (TPSA) is 92.7 Å². The van der Waals surface area contributed by atoms with Crippen molar-refractivity contribution in [1.29, 1.82) is 0 Å². The van der Waals surface area contributed by atoms with Gasteiger partial charge in [-0.15, -0.1) is 0 Å². The van der Waals surface area contributed by atoms with Gasteiger partial charge in [-0.25, -0.2) is 9.97 Å². The number of aryl methyl sites for hydroxylation is 2. The van der Waals surface area contributed by atoms with E-state index in [4.69, 9.17) is 21.7 Å². The summed E-state index contributed by atoms with van der Waals surface area (Å²) < 4.78 is 10.6. The predicted octanol–water partition coefficient (Wildman–Crippen LogP) is 4.11. The summed E-state index contributed by atoms with van der Waals surface area (Å²) in [6.07, 6.45) is 0.786. The van der Waals surface area contributed by atoms with E-state index < -0.39 is 0 Å². The average molecular weight is 465 g/mol. The molecule has 3 aromatic rings. The van der Waals surface area contributed by atoms with Crippen molar-refractivity contribution in [2.45, 2.75) is 20.3 Å². The molecule has 2 aromatic carbocycles. The van der Waals surface area contributed by atoms with Gasteiger partial charge in [-0.3, -0.25) is 10.3 Å². The largest absolute Gasteiger partial charge is 0.497 e. The second-order valence-electron chi connectivity index (χ2n) is 7.25. The molecule has 0 radical (unpaired) electrons. The van der Waals surface area contributed by atoms with E-state index in [1.165, 1.54) is 5.56 Å². The molecule has 0 aliphatic rings. The van der Waals surface area contributed by atoms with Gasteiger partial charge in [-0.05, 0) is 44.1 Å². The Labute approximate surface area is 199 Å². The minimum absolute atomic E-state index is 0.348. The first-order valence-electron chi connectivity index (χ1n) is 10.4. The molecule has 3 N–H and O–H groups in total. The summed E-state index contributed by atoms with van der Waals surface area (Å²) in [4.78, 5) is 13.5. The molecule has 0 atom stereocenters. The number of aromatic nitrogens is 2. The van der Waals surface area contributed by atoms with E-state index in [0.29, 0.717) is 35.1 Å². The second-order valence-corrected chi connectivity index (χ2v) is 7.65. The van der Waals surface area contributed by atoms with Crippen LogP contribution in [0.2, 0.25) is 0 Å². The van der Waals surface area contributed by atoms with Gasteiger partial charge in [0.25, 0.3) is 0 Å². The van der Waals surface area contributed by atoms with Crippen molar-refractivity contribution in [3.8, 4) is 11.5 Å². The van der Waals surface area contributed by atoms with Gasteiger partial charge in [-0.2, -0.15) is 0 Å². The first kappa shape index (κ1) is 23.9. The monoisotopic (exact) mass is 464 g/mol. The van der Waals surface area contributed by atoms with Crippen LogP contribution < -0.4 is 25.4 Å². The third-order valence-corrected chi connectivity index (χ3v) is 4.77. The molecule has 1 aromatic heterocycles. The zero-order valence-electron chi connectivity index (χ0n) is 19.2. The highest BCUT2D eigenvalue weighted by molar-refractivity contribution is 7.80. The Morgan fingerprint density at radius 2 is 1.55 bits per heavy atom. The van der Waals surface area contributed by atoms with Crippen LogP contribution in [-0.4, -0.2) is 41.8 Å². The Bertz CT molecular complexity index is 1080. The number of aliphatic imine (C=N–C) groups is 1. The molecule has 0 amide bonds. The Morgan fingerprint density at radius 3 is 2.15 bits per heavy atom. The number of hydrogen-bond acceptors (Lipinski definition) is 6. The Hall–Kier alpha value is -3.72. The van der Waals surface area contributed by atoms with Crippen LogP contribution >= 0.6 is 12.2 Å². The number of guanidine groups is 1. The van der Waals surface area contributed by atoms with E-state index >= 15 is 0 Å². The highest BCUT2D eigenvalue weighted by Gasteiger charge is 2.09. The van der Waals surface area contributed by atoms with Gasteiger partial charge >= 0.3 is 0 Å². The van der Waals surface area contributed by atoms with Gasteiger partial charge in [-0.1, -0.05) is 30.3 Å². The van der Waals surface area contributed by atoms with Crippen LogP contribution in [0.4, 0.5) is 11.6 Å². The summed E-state index contributed by atoms with van der Waals surface area (Å²) in [6.45, 7) is 4.39. The van der Waals surface area contributed by atoms with E-state index in [1.807, 2.05) is 50.2 Å². The van der Waals surface area contributed by atoms with Crippen molar-refractivity contribution in [1.82, 2.24) is 15.3 Å². The van der Waals surface area contributed by atoms with E-state index in [2.05, 4.69) is 43.0 Å². The van der Waals surface area contributed by atoms with Gasteiger partial charge in [0.2, 0.25) is 11.9 Å². The van der Waals surface area contributed by atoms with Gasteiger partial charge in [0.05, 0.1) is 14.2 Å². The lowest BCUT2D eigenvalue weighted by molar-refractivity contribution is 0.395. The van der Waals surface area contributed by atoms with Crippen molar-refractivity contribution >= 4 is 34.9 Å². The Kier molecular flexibility index (Phi) is 8.54. The molecule has 0 aliphatic heterocycles. The third kappa shape index (κ3) is 7.73. The Balaban J connectivity index is 1.74. The Morgan fingerprint density at radius 1 is 0.909 bits per heavy atom. The molecule has 0 saturated carbocycles. The number of ether oxygens (including phenoxy) is 2. The fourth-order valence-electron chi connectivity index (χ4n) is 3.09. The SMILES string of the molecule is COc1cc(NC(=S)NC(=NCCc2ccccc2)Nc2nc(C)cc(C)n2)cc(OC)c1. The highest BCUT2D eigenvalue weighted by Crippen LogP contribution is 2.25. The van der Waals surface area contributed by atoms with Crippen molar-refractivity contribution in [2.24, 2.45) is 4.99 Å². The van der Waals surface area contributed by atoms with Crippen molar-refractivity contribution in [2.75, 3.05) is 31.4 Å². The van der Waals surface area contributed by atoms with Crippen LogP contribution in [0.1, 0.15) is 17.0 Å². The van der Waals surface area contributed by atoms with Crippen molar-refractivity contribution < 1.29 is 9.47 Å². The molecule has 3 rings (SSSR count). The third-order valence-electron chi connectivity index (χ3n) is 4.57. The molecule has 1 heterocycles. The van der Waals surface area contributed by atoms with Crippen LogP contribution in [0.3, 0.4) is 0 Å². The number of hydrogen-bond donors (Lipinski definition) is 3. The molecule has 33 heavy (non-hydrogen) atoms. The minimum atomic E-state index is 0.348. The smallest absolute Gasteiger partial charge is 0.229 e. The first-order chi connectivity index (χ1) is 15.9. The molecule has 0 unspecified atom stereocenters. The molecule has 9 heteroatoms. The number of thiocarbonyl (C=S) groups is 1. The van der Waals surface area contributed by atoms with Crippen molar-refractivity contribution in [3.63, 3.8) is 0 Å². The van der Waals surface area contributed by atoms with Crippen LogP contribution in [-0.2, 0) is 6.42 Å². The van der Waals surface area contributed by atoms with Crippen molar-refractivity contribution in [3.05, 3.63) is 71.5 Å². The molecule has 0 spiro atoms. The van der Waals surface area contributed by atoms with Crippen LogP contribution in [0, 0.1) is 13.8 Å². The molecule has 0 bridgehead atoms. The van der Waals surface area contributed by atoms with Gasteiger partial charge in [0, 0.05) is 41.8 Å².